The Hall–Kier alpha value is -0.160. The van der Waals surface area contributed by atoms with Crippen LogP contribution in [0.1, 0.15) is 13.3 Å². The van der Waals surface area contributed by atoms with Crippen LogP contribution in [-0.2, 0) is 0 Å². The monoisotopic (exact) mass is 163 g/mol. The molecule has 68 valence electrons. The van der Waals surface area contributed by atoms with Crippen molar-refractivity contribution in [3.05, 3.63) is 0 Å². The van der Waals surface area contributed by atoms with E-state index in [4.69, 9.17) is 21.1 Å². The molecule has 0 amide bonds. The topological polar surface area (TPSA) is 86.7 Å². The van der Waals surface area contributed by atoms with Gasteiger partial charge in [0.1, 0.15) is 0 Å². The molecule has 0 saturated carbocycles. The lowest BCUT2D eigenvalue weighted by atomic mass is 9.84. The Morgan fingerprint density at radius 2 is 1.55 bits per heavy atom. The van der Waals surface area contributed by atoms with Gasteiger partial charge in [-0.05, 0) is 13.3 Å². The number of rotatable bonds is 5. The first-order chi connectivity index (χ1) is 5.10. The van der Waals surface area contributed by atoms with Crippen molar-refractivity contribution < 1.29 is 15.3 Å². The summed E-state index contributed by atoms with van der Waals surface area (Å²) in [5.74, 6) is 0. The van der Waals surface area contributed by atoms with E-state index in [0.717, 1.165) is 0 Å². The van der Waals surface area contributed by atoms with Crippen LogP contribution in [0.4, 0.5) is 0 Å². The van der Waals surface area contributed by atoms with E-state index in [0.29, 0.717) is 6.42 Å². The molecule has 0 aliphatic heterocycles. The van der Waals surface area contributed by atoms with Gasteiger partial charge in [0.25, 0.3) is 0 Å². The molecule has 1 atom stereocenters. The Morgan fingerprint density at radius 3 is 1.64 bits per heavy atom. The Balaban J connectivity index is 4.05. The van der Waals surface area contributed by atoms with Crippen LogP contribution in [0.5, 0.6) is 0 Å². The van der Waals surface area contributed by atoms with Gasteiger partial charge in [-0.3, -0.25) is 0 Å². The van der Waals surface area contributed by atoms with E-state index < -0.39 is 5.41 Å². The van der Waals surface area contributed by atoms with Gasteiger partial charge < -0.3 is 21.1 Å². The van der Waals surface area contributed by atoms with Crippen molar-refractivity contribution in [1.82, 2.24) is 0 Å². The molecule has 0 aliphatic carbocycles. The van der Waals surface area contributed by atoms with E-state index in [9.17, 15) is 0 Å². The van der Waals surface area contributed by atoms with Crippen LogP contribution in [-0.4, -0.2) is 41.2 Å². The van der Waals surface area contributed by atoms with Crippen molar-refractivity contribution in [2.24, 2.45) is 11.1 Å². The molecule has 0 aromatic heterocycles. The van der Waals surface area contributed by atoms with Gasteiger partial charge in [0, 0.05) is 11.5 Å². The zero-order chi connectivity index (χ0) is 8.91. The summed E-state index contributed by atoms with van der Waals surface area (Å²) in [5.41, 5.74) is 4.66. The number of aliphatic hydroxyl groups excluding tert-OH is 3. The first-order valence-electron chi connectivity index (χ1n) is 3.68. The Kier molecular flexibility index (Phi) is 4.60. The predicted octanol–water partition coefficient (Wildman–Crippen LogP) is -1.31. The van der Waals surface area contributed by atoms with E-state index in [1.807, 2.05) is 0 Å². The largest absolute Gasteiger partial charge is 0.396 e. The molecule has 0 saturated heterocycles. The normalized spacial score (nSPS) is 15.0. The smallest absolute Gasteiger partial charge is 0.0532 e. The van der Waals surface area contributed by atoms with Gasteiger partial charge in [0.05, 0.1) is 19.8 Å². The predicted molar refractivity (Wildman–Crippen MR) is 42.0 cm³/mol. The summed E-state index contributed by atoms with van der Waals surface area (Å²) in [4.78, 5) is 0. The standard InChI is InChI=1S/C7H17NO3/c1-6(8)2-7(3-9,4-10)5-11/h6,9-11H,2-5,8H2,1H3. The van der Waals surface area contributed by atoms with Crippen LogP contribution >= 0.6 is 0 Å². The van der Waals surface area contributed by atoms with Crippen molar-refractivity contribution in [2.45, 2.75) is 19.4 Å². The fourth-order valence-corrected chi connectivity index (χ4v) is 1.03. The maximum absolute atomic E-state index is 8.85. The molecule has 0 bridgehead atoms. The minimum Gasteiger partial charge on any atom is -0.396 e. The van der Waals surface area contributed by atoms with Crippen molar-refractivity contribution in [3.63, 3.8) is 0 Å². The van der Waals surface area contributed by atoms with Gasteiger partial charge in [-0.15, -0.1) is 0 Å². The fourth-order valence-electron chi connectivity index (χ4n) is 1.03. The summed E-state index contributed by atoms with van der Waals surface area (Å²) < 4.78 is 0. The van der Waals surface area contributed by atoms with Crippen molar-refractivity contribution in [2.75, 3.05) is 19.8 Å². The summed E-state index contributed by atoms with van der Waals surface area (Å²) >= 11 is 0. The van der Waals surface area contributed by atoms with Crippen LogP contribution in [0.3, 0.4) is 0 Å². The van der Waals surface area contributed by atoms with Gasteiger partial charge in [-0.2, -0.15) is 0 Å². The first kappa shape index (κ1) is 10.8. The highest BCUT2D eigenvalue weighted by Gasteiger charge is 2.28. The van der Waals surface area contributed by atoms with Crippen LogP contribution in [0.2, 0.25) is 0 Å². The first-order valence-corrected chi connectivity index (χ1v) is 3.68. The molecule has 0 spiro atoms. The van der Waals surface area contributed by atoms with Crippen molar-refractivity contribution >= 4 is 0 Å². The minimum absolute atomic E-state index is 0.124. The zero-order valence-corrected chi connectivity index (χ0v) is 6.82. The van der Waals surface area contributed by atoms with E-state index in [1.54, 1.807) is 6.92 Å². The maximum Gasteiger partial charge on any atom is 0.0532 e. The molecule has 0 aromatic carbocycles. The second-order valence-corrected chi connectivity index (χ2v) is 3.16. The van der Waals surface area contributed by atoms with Gasteiger partial charge in [-0.1, -0.05) is 0 Å². The van der Waals surface area contributed by atoms with E-state index >= 15 is 0 Å². The molecule has 0 rings (SSSR count). The summed E-state index contributed by atoms with van der Waals surface area (Å²) in [6.07, 6.45) is 0.427. The summed E-state index contributed by atoms with van der Waals surface area (Å²) in [6, 6.07) is -0.124. The van der Waals surface area contributed by atoms with Gasteiger partial charge in [-0.25, -0.2) is 0 Å². The molecule has 1 unspecified atom stereocenters. The molecule has 11 heavy (non-hydrogen) atoms. The number of hydrogen-bond acceptors (Lipinski definition) is 4. The van der Waals surface area contributed by atoms with Crippen LogP contribution in [0.25, 0.3) is 0 Å². The third-order valence-electron chi connectivity index (χ3n) is 1.76. The summed E-state index contributed by atoms with van der Waals surface area (Å²) in [7, 11) is 0. The lowest BCUT2D eigenvalue weighted by molar-refractivity contribution is -0.00406. The van der Waals surface area contributed by atoms with Crippen LogP contribution < -0.4 is 5.73 Å². The van der Waals surface area contributed by atoms with Gasteiger partial charge >= 0.3 is 0 Å². The van der Waals surface area contributed by atoms with Crippen LogP contribution in [0, 0.1) is 5.41 Å². The minimum atomic E-state index is -0.811. The van der Waals surface area contributed by atoms with Crippen LogP contribution in [0.15, 0.2) is 0 Å². The molecular formula is C7H17NO3. The summed E-state index contributed by atoms with van der Waals surface area (Å²) in [5, 5.41) is 26.5. The maximum atomic E-state index is 8.85. The second-order valence-electron chi connectivity index (χ2n) is 3.16. The molecule has 0 heterocycles. The molecule has 0 aliphatic rings. The van der Waals surface area contributed by atoms with E-state index in [-0.39, 0.29) is 25.9 Å². The zero-order valence-electron chi connectivity index (χ0n) is 6.82. The molecule has 0 aromatic rings. The average molecular weight is 163 g/mol. The third-order valence-corrected chi connectivity index (χ3v) is 1.76. The molecule has 4 nitrogen and oxygen atoms in total. The Bertz CT molecular complexity index is 93.6. The number of hydrogen-bond donors (Lipinski definition) is 4. The molecule has 5 N–H and O–H groups in total. The lowest BCUT2D eigenvalue weighted by Crippen LogP contribution is -2.39. The number of nitrogens with two attached hydrogens (primary N) is 1. The van der Waals surface area contributed by atoms with E-state index in [2.05, 4.69) is 0 Å². The van der Waals surface area contributed by atoms with Gasteiger partial charge in [0.2, 0.25) is 0 Å². The summed E-state index contributed by atoms with van der Waals surface area (Å²) in [6.45, 7) is 1.07. The highest BCUT2D eigenvalue weighted by atomic mass is 16.3. The molecule has 0 fully saturated rings. The number of aliphatic hydroxyl groups is 3. The van der Waals surface area contributed by atoms with Crippen molar-refractivity contribution in [1.29, 1.82) is 0 Å². The fraction of sp³-hybridized carbons (Fsp3) is 1.00. The average Bonchev–Trinajstić information content (AvgIpc) is 2.00. The lowest BCUT2D eigenvalue weighted by Gasteiger charge is -2.28. The molecule has 4 heteroatoms. The van der Waals surface area contributed by atoms with E-state index in [1.165, 1.54) is 0 Å². The molecular weight excluding hydrogens is 146 g/mol. The highest BCUT2D eigenvalue weighted by Crippen LogP contribution is 2.20. The van der Waals surface area contributed by atoms with Crippen molar-refractivity contribution in [3.8, 4) is 0 Å². The second kappa shape index (κ2) is 4.66. The Morgan fingerprint density at radius 1 is 1.18 bits per heavy atom. The van der Waals surface area contributed by atoms with Gasteiger partial charge in [0.15, 0.2) is 0 Å². The molecule has 0 radical (unpaired) electrons. The quantitative estimate of drug-likeness (QED) is 0.405. The third kappa shape index (κ3) is 3.16. The Labute approximate surface area is 66.7 Å². The SMILES string of the molecule is CC(N)CC(CO)(CO)CO. The highest BCUT2D eigenvalue weighted by molar-refractivity contribution is 4.80.